The van der Waals surface area contributed by atoms with Gasteiger partial charge in [-0.1, -0.05) is 15.9 Å². The van der Waals surface area contributed by atoms with Gasteiger partial charge in [-0.25, -0.2) is 9.97 Å². The predicted octanol–water partition coefficient (Wildman–Crippen LogP) is 2.54. The Balaban J connectivity index is 1.73. The lowest BCUT2D eigenvalue weighted by molar-refractivity contribution is 0.122. The van der Waals surface area contributed by atoms with Gasteiger partial charge in [0.1, 0.15) is 17.4 Å². The molecule has 0 spiro atoms. The molecule has 8 heteroatoms. The van der Waals surface area contributed by atoms with Gasteiger partial charge >= 0.3 is 0 Å². The van der Waals surface area contributed by atoms with Crippen LogP contribution in [-0.2, 0) is 4.74 Å². The monoisotopic (exact) mass is 391 g/mol. The van der Waals surface area contributed by atoms with Crippen molar-refractivity contribution in [1.29, 1.82) is 0 Å². The van der Waals surface area contributed by atoms with E-state index >= 15 is 0 Å². The third-order valence-electron chi connectivity index (χ3n) is 3.53. The van der Waals surface area contributed by atoms with Crippen LogP contribution in [0.3, 0.4) is 0 Å². The molecule has 2 aromatic rings. The summed E-state index contributed by atoms with van der Waals surface area (Å²) in [5, 5.41) is 14.0. The fraction of sp³-hybridized carbons (Fsp3) is 0.312. The van der Waals surface area contributed by atoms with Crippen LogP contribution in [0.2, 0.25) is 0 Å². The Morgan fingerprint density at radius 3 is 2.88 bits per heavy atom. The lowest BCUT2D eigenvalue weighted by Crippen LogP contribution is -2.36. The van der Waals surface area contributed by atoms with Gasteiger partial charge < -0.3 is 14.7 Å². The molecular weight excluding hydrogens is 374 g/mol. The van der Waals surface area contributed by atoms with Crippen LogP contribution in [0.5, 0.6) is 5.75 Å². The zero-order valence-corrected chi connectivity index (χ0v) is 14.8. The second-order valence-corrected chi connectivity index (χ2v) is 6.25. The van der Waals surface area contributed by atoms with E-state index in [0.717, 1.165) is 23.4 Å². The summed E-state index contributed by atoms with van der Waals surface area (Å²) in [5.74, 6) is 2.29. The number of ether oxygens (including phenoxy) is 1. The minimum absolute atomic E-state index is 0.164. The summed E-state index contributed by atoms with van der Waals surface area (Å²) in [6.07, 6.45) is 1.55. The van der Waals surface area contributed by atoms with Crippen LogP contribution in [0.25, 0.3) is 0 Å². The molecule has 0 amide bonds. The highest BCUT2D eigenvalue weighted by Gasteiger charge is 2.13. The van der Waals surface area contributed by atoms with E-state index < -0.39 is 0 Å². The Bertz CT molecular complexity index is 747. The van der Waals surface area contributed by atoms with Crippen LogP contribution in [0.1, 0.15) is 11.4 Å². The number of aromatic hydroxyl groups is 1. The van der Waals surface area contributed by atoms with Gasteiger partial charge in [0.05, 0.1) is 19.4 Å². The standard InChI is InChI=1S/C16H18BrN5O2/c1-11-19-15(9-16(20-11)22-4-6-24-7-5-22)21-18-10-12-8-13(17)2-3-14(12)23/h2-3,8-10,23H,4-7H2,1H3,(H,19,20,21)/b18-10+. The number of hydrogen-bond acceptors (Lipinski definition) is 7. The van der Waals surface area contributed by atoms with Crippen molar-refractivity contribution in [2.24, 2.45) is 5.10 Å². The highest BCUT2D eigenvalue weighted by atomic mass is 79.9. The smallest absolute Gasteiger partial charge is 0.152 e. The number of morpholine rings is 1. The zero-order valence-electron chi connectivity index (χ0n) is 13.2. The molecule has 7 nitrogen and oxygen atoms in total. The van der Waals surface area contributed by atoms with Crippen molar-refractivity contribution < 1.29 is 9.84 Å². The molecule has 1 aliphatic heterocycles. The molecule has 1 saturated heterocycles. The van der Waals surface area contributed by atoms with Gasteiger partial charge in [0.25, 0.3) is 0 Å². The van der Waals surface area contributed by atoms with Crippen molar-refractivity contribution in [2.45, 2.75) is 6.92 Å². The van der Waals surface area contributed by atoms with Crippen LogP contribution < -0.4 is 10.3 Å². The Morgan fingerprint density at radius 1 is 1.29 bits per heavy atom. The second-order valence-electron chi connectivity index (χ2n) is 5.33. The van der Waals surface area contributed by atoms with Gasteiger partial charge in [0.15, 0.2) is 5.82 Å². The molecule has 0 saturated carbocycles. The van der Waals surface area contributed by atoms with E-state index in [1.165, 1.54) is 0 Å². The van der Waals surface area contributed by atoms with Crippen molar-refractivity contribution in [2.75, 3.05) is 36.6 Å². The van der Waals surface area contributed by atoms with Gasteiger partial charge in [-0.2, -0.15) is 5.10 Å². The van der Waals surface area contributed by atoms with Gasteiger partial charge in [0, 0.05) is 29.2 Å². The average Bonchev–Trinajstić information content (AvgIpc) is 2.58. The van der Waals surface area contributed by atoms with Crippen molar-refractivity contribution >= 4 is 33.8 Å². The van der Waals surface area contributed by atoms with Crippen molar-refractivity contribution in [1.82, 2.24) is 9.97 Å². The Labute approximate surface area is 148 Å². The lowest BCUT2D eigenvalue weighted by Gasteiger charge is -2.28. The molecular formula is C16H18BrN5O2. The molecule has 1 aromatic carbocycles. The number of phenolic OH excluding ortho intramolecular Hbond substituents is 1. The van der Waals surface area contributed by atoms with Gasteiger partial charge in [-0.3, -0.25) is 5.43 Å². The number of nitrogens with one attached hydrogen (secondary N) is 1. The number of aromatic nitrogens is 2. The number of hydrazone groups is 1. The Kier molecular flexibility index (Phi) is 5.27. The summed E-state index contributed by atoms with van der Waals surface area (Å²) in [7, 11) is 0. The maximum absolute atomic E-state index is 9.81. The molecule has 0 bridgehead atoms. The fourth-order valence-corrected chi connectivity index (χ4v) is 2.74. The first kappa shape index (κ1) is 16.7. The summed E-state index contributed by atoms with van der Waals surface area (Å²) in [4.78, 5) is 11.0. The van der Waals surface area contributed by atoms with E-state index in [1.54, 1.807) is 24.4 Å². The number of rotatable bonds is 4. The number of benzene rings is 1. The van der Waals surface area contributed by atoms with E-state index in [9.17, 15) is 5.11 Å². The van der Waals surface area contributed by atoms with Crippen LogP contribution in [0, 0.1) is 6.92 Å². The summed E-state index contributed by atoms with van der Waals surface area (Å²) in [6, 6.07) is 7.01. The van der Waals surface area contributed by atoms with Crippen molar-refractivity contribution in [3.63, 3.8) is 0 Å². The van der Waals surface area contributed by atoms with Crippen LogP contribution >= 0.6 is 15.9 Å². The maximum Gasteiger partial charge on any atom is 0.152 e. The minimum Gasteiger partial charge on any atom is -0.507 e. The molecule has 0 aliphatic carbocycles. The summed E-state index contributed by atoms with van der Waals surface area (Å²) >= 11 is 3.37. The third-order valence-corrected chi connectivity index (χ3v) is 4.03. The Hall–Kier alpha value is -2.19. The van der Waals surface area contributed by atoms with E-state index in [2.05, 4.69) is 41.3 Å². The Morgan fingerprint density at radius 2 is 2.08 bits per heavy atom. The molecule has 126 valence electrons. The van der Waals surface area contributed by atoms with Crippen LogP contribution in [-0.4, -0.2) is 47.6 Å². The first-order chi connectivity index (χ1) is 11.6. The predicted molar refractivity (Wildman–Crippen MR) is 96.8 cm³/mol. The molecule has 2 N–H and O–H groups in total. The van der Waals surface area contributed by atoms with Gasteiger partial charge in [-0.05, 0) is 25.1 Å². The largest absolute Gasteiger partial charge is 0.507 e. The van der Waals surface area contributed by atoms with Crippen LogP contribution in [0.4, 0.5) is 11.6 Å². The van der Waals surface area contributed by atoms with E-state index in [0.29, 0.717) is 30.4 Å². The van der Waals surface area contributed by atoms with E-state index in [-0.39, 0.29) is 5.75 Å². The molecule has 0 radical (unpaired) electrons. The molecule has 2 heterocycles. The topological polar surface area (TPSA) is 82.9 Å². The normalized spacial score (nSPS) is 15.0. The first-order valence-corrected chi connectivity index (χ1v) is 8.37. The lowest BCUT2D eigenvalue weighted by atomic mass is 10.2. The molecule has 3 rings (SSSR count). The molecule has 0 unspecified atom stereocenters. The fourth-order valence-electron chi connectivity index (χ4n) is 2.36. The molecule has 1 fully saturated rings. The third kappa shape index (κ3) is 4.21. The van der Waals surface area contributed by atoms with Crippen LogP contribution in [0.15, 0.2) is 33.8 Å². The highest BCUT2D eigenvalue weighted by molar-refractivity contribution is 9.10. The van der Waals surface area contributed by atoms with E-state index in [4.69, 9.17) is 4.74 Å². The van der Waals surface area contributed by atoms with E-state index in [1.807, 2.05) is 13.0 Å². The maximum atomic E-state index is 9.81. The quantitative estimate of drug-likeness (QED) is 0.615. The molecule has 0 atom stereocenters. The number of phenols is 1. The highest BCUT2D eigenvalue weighted by Crippen LogP contribution is 2.20. The SMILES string of the molecule is Cc1nc(N/N=C/c2cc(Br)ccc2O)cc(N2CCOCC2)n1. The van der Waals surface area contributed by atoms with Gasteiger partial charge in [-0.15, -0.1) is 0 Å². The second kappa shape index (κ2) is 7.59. The number of halogens is 1. The summed E-state index contributed by atoms with van der Waals surface area (Å²) < 4.78 is 6.23. The van der Waals surface area contributed by atoms with Crippen molar-refractivity contribution in [3.05, 3.63) is 40.1 Å². The zero-order chi connectivity index (χ0) is 16.9. The molecule has 24 heavy (non-hydrogen) atoms. The number of anilines is 2. The average molecular weight is 392 g/mol. The minimum atomic E-state index is 0.164. The first-order valence-electron chi connectivity index (χ1n) is 7.58. The van der Waals surface area contributed by atoms with Crippen molar-refractivity contribution in [3.8, 4) is 5.75 Å². The number of hydrogen-bond donors (Lipinski definition) is 2. The molecule has 1 aromatic heterocycles. The van der Waals surface area contributed by atoms with Gasteiger partial charge in [0.2, 0.25) is 0 Å². The number of aryl methyl sites for hydroxylation is 1. The number of nitrogens with zero attached hydrogens (tertiary/aromatic N) is 4. The summed E-state index contributed by atoms with van der Waals surface area (Å²) in [5.41, 5.74) is 3.50. The summed E-state index contributed by atoms with van der Waals surface area (Å²) in [6.45, 7) is 4.87. The molecule has 1 aliphatic rings.